The molecule has 0 aromatic carbocycles. The van der Waals surface area contributed by atoms with Crippen LogP contribution < -0.4 is 5.32 Å². The molecule has 12 heavy (non-hydrogen) atoms. The van der Waals surface area contributed by atoms with E-state index in [1.807, 2.05) is 12.4 Å². The van der Waals surface area contributed by atoms with Gasteiger partial charge in [0.15, 0.2) is 0 Å². The van der Waals surface area contributed by atoms with Crippen molar-refractivity contribution in [2.24, 2.45) is 0 Å². The van der Waals surface area contributed by atoms with Crippen molar-refractivity contribution >= 4 is 0 Å². The van der Waals surface area contributed by atoms with E-state index in [1.54, 1.807) is 0 Å². The Morgan fingerprint density at radius 2 is 2.33 bits per heavy atom. The Morgan fingerprint density at radius 1 is 1.42 bits per heavy atom. The van der Waals surface area contributed by atoms with E-state index >= 15 is 0 Å². The Morgan fingerprint density at radius 3 is 3.00 bits per heavy atom. The summed E-state index contributed by atoms with van der Waals surface area (Å²) in [5, 5.41) is 11.8. The highest BCUT2D eigenvalue weighted by Crippen LogP contribution is 1.95. The number of aromatic nitrogens is 1. The molecule has 1 heterocycles. The molecule has 0 aliphatic rings. The van der Waals surface area contributed by atoms with Crippen molar-refractivity contribution in [2.75, 3.05) is 19.7 Å². The van der Waals surface area contributed by atoms with E-state index < -0.39 is 0 Å². The van der Waals surface area contributed by atoms with E-state index in [4.69, 9.17) is 5.11 Å². The lowest BCUT2D eigenvalue weighted by Gasteiger charge is -2.00. The fraction of sp³-hybridized carbons (Fsp3) is 0.556. The van der Waals surface area contributed by atoms with Crippen LogP contribution in [0.15, 0.2) is 18.5 Å². The molecule has 3 N–H and O–H groups in total. The van der Waals surface area contributed by atoms with Crippen LogP contribution in [0, 0.1) is 0 Å². The predicted octanol–water partition coefficient (Wildman–Crippen LogP) is 0.529. The molecule has 0 aliphatic carbocycles. The van der Waals surface area contributed by atoms with Gasteiger partial charge in [-0.25, -0.2) is 0 Å². The summed E-state index contributed by atoms with van der Waals surface area (Å²) in [5.41, 5.74) is 1.33. The third kappa shape index (κ3) is 3.55. The monoisotopic (exact) mass is 168 g/mol. The van der Waals surface area contributed by atoms with E-state index in [-0.39, 0.29) is 6.61 Å². The summed E-state index contributed by atoms with van der Waals surface area (Å²) in [6.45, 7) is 2.16. The summed E-state index contributed by atoms with van der Waals surface area (Å²) in [7, 11) is 0. The molecule has 0 radical (unpaired) electrons. The van der Waals surface area contributed by atoms with Crippen molar-refractivity contribution in [1.82, 2.24) is 10.3 Å². The van der Waals surface area contributed by atoms with Crippen LogP contribution in [-0.4, -0.2) is 29.8 Å². The first-order chi connectivity index (χ1) is 5.93. The molecule has 1 aromatic rings. The second-order valence-corrected chi connectivity index (χ2v) is 2.80. The SMILES string of the molecule is OCCCNCCc1cc[nH]c1. The molecule has 0 spiro atoms. The van der Waals surface area contributed by atoms with Crippen molar-refractivity contribution in [3.05, 3.63) is 24.0 Å². The molecule has 3 heteroatoms. The van der Waals surface area contributed by atoms with Gasteiger partial charge in [0, 0.05) is 19.0 Å². The van der Waals surface area contributed by atoms with Gasteiger partial charge >= 0.3 is 0 Å². The second-order valence-electron chi connectivity index (χ2n) is 2.80. The van der Waals surface area contributed by atoms with Gasteiger partial charge in [-0.2, -0.15) is 0 Å². The Labute approximate surface area is 72.8 Å². The highest BCUT2D eigenvalue weighted by Gasteiger charge is 1.91. The van der Waals surface area contributed by atoms with Gasteiger partial charge in [-0.1, -0.05) is 0 Å². The van der Waals surface area contributed by atoms with Gasteiger partial charge in [0.1, 0.15) is 0 Å². The minimum absolute atomic E-state index is 0.275. The standard InChI is InChI=1S/C9H16N2O/c12-7-1-4-10-5-2-9-3-6-11-8-9/h3,6,8,10-12H,1-2,4-5,7H2. The summed E-state index contributed by atoms with van der Waals surface area (Å²) in [6.07, 6.45) is 5.83. The topological polar surface area (TPSA) is 48.0 Å². The normalized spacial score (nSPS) is 10.4. The quantitative estimate of drug-likeness (QED) is 0.543. The van der Waals surface area contributed by atoms with Crippen LogP contribution in [0.2, 0.25) is 0 Å². The van der Waals surface area contributed by atoms with E-state index in [9.17, 15) is 0 Å². The van der Waals surface area contributed by atoms with Crippen LogP contribution in [0.25, 0.3) is 0 Å². The van der Waals surface area contributed by atoms with Gasteiger partial charge in [-0.05, 0) is 37.6 Å². The van der Waals surface area contributed by atoms with Crippen molar-refractivity contribution in [2.45, 2.75) is 12.8 Å². The van der Waals surface area contributed by atoms with Crippen LogP contribution >= 0.6 is 0 Å². The van der Waals surface area contributed by atoms with Crippen molar-refractivity contribution in [1.29, 1.82) is 0 Å². The van der Waals surface area contributed by atoms with Gasteiger partial charge in [-0.3, -0.25) is 0 Å². The molecule has 0 atom stereocenters. The number of nitrogens with one attached hydrogen (secondary N) is 2. The molecular formula is C9H16N2O. The molecule has 0 saturated heterocycles. The Balaban J connectivity index is 1.96. The average molecular weight is 168 g/mol. The van der Waals surface area contributed by atoms with Crippen molar-refractivity contribution in [3.63, 3.8) is 0 Å². The zero-order valence-corrected chi connectivity index (χ0v) is 7.21. The third-order valence-electron chi connectivity index (χ3n) is 1.76. The maximum atomic E-state index is 8.50. The van der Waals surface area contributed by atoms with Gasteiger partial charge in [-0.15, -0.1) is 0 Å². The van der Waals surface area contributed by atoms with Gasteiger partial charge < -0.3 is 15.4 Å². The van der Waals surface area contributed by atoms with Gasteiger partial charge in [0.05, 0.1) is 0 Å². The van der Waals surface area contributed by atoms with Crippen LogP contribution in [0.3, 0.4) is 0 Å². The first kappa shape index (κ1) is 9.29. The summed E-state index contributed by atoms with van der Waals surface area (Å²) < 4.78 is 0. The number of aliphatic hydroxyl groups excluding tert-OH is 1. The smallest absolute Gasteiger partial charge is 0.0443 e. The Hall–Kier alpha value is -0.800. The molecule has 1 rings (SSSR count). The first-order valence-electron chi connectivity index (χ1n) is 4.36. The summed E-state index contributed by atoms with van der Waals surface area (Å²) >= 11 is 0. The molecule has 1 aromatic heterocycles. The summed E-state index contributed by atoms with van der Waals surface area (Å²) in [4.78, 5) is 3.01. The second kappa shape index (κ2) is 5.80. The molecule has 0 aliphatic heterocycles. The molecule has 0 saturated carbocycles. The Kier molecular flexibility index (Phi) is 4.49. The van der Waals surface area contributed by atoms with Crippen molar-refractivity contribution < 1.29 is 5.11 Å². The number of aliphatic hydroxyl groups is 1. The fourth-order valence-electron chi connectivity index (χ4n) is 1.08. The average Bonchev–Trinajstić information content (AvgIpc) is 2.57. The first-order valence-corrected chi connectivity index (χ1v) is 4.36. The molecular weight excluding hydrogens is 152 g/mol. The van der Waals surface area contributed by atoms with Crippen LogP contribution in [0.1, 0.15) is 12.0 Å². The number of hydrogen-bond acceptors (Lipinski definition) is 2. The van der Waals surface area contributed by atoms with Crippen LogP contribution in [-0.2, 0) is 6.42 Å². The maximum Gasteiger partial charge on any atom is 0.0443 e. The number of aromatic amines is 1. The minimum Gasteiger partial charge on any atom is -0.396 e. The molecule has 0 unspecified atom stereocenters. The fourth-order valence-corrected chi connectivity index (χ4v) is 1.08. The lowest BCUT2D eigenvalue weighted by Crippen LogP contribution is -2.19. The zero-order valence-electron chi connectivity index (χ0n) is 7.21. The lowest BCUT2D eigenvalue weighted by atomic mass is 10.2. The van der Waals surface area contributed by atoms with Crippen LogP contribution in [0.5, 0.6) is 0 Å². The Bertz CT molecular complexity index is 184. The van der Waals surface area contributed by atoms with E-state index in [1.165, 1.54) is 5.56 Å². The molecule has 3 nitrogen and oxygen atoms in total. The zero-order chi connectivity index (χ0) is 8.65. The van der Waals surface area contributed by atoms with E-state index in [0.29, 0.717) is 0 Å². The minimum atomic E-state index is 0.275. The highest BCUT2D eigenvalue weighted by atomic mass is 16.3. The molecule has 0 fully saturated rings. The number of rotatable bonds is 6. The number of H-pyrrole nitrogens is 1. The van der Waals surface area contributed by atoms with Gasteiger partial charge in [0.2, 0.25) is 0 Å². The van der Waals surface area contributed by atoms with Crippen LogP contribution in [0.4, 0.5) is 0 Å². The molecule has 0 amide bonds. The summed E-state index contributed by atoms with van der Waals surface area (Å²) in [6, 6.07) is 2.08. The number of hydrogen-bond donors (Lipinski definition) is 3. The summed E-state index contributed by atoms with van der Waals surface area (Å²) in [5.74, 6) is 0. The van der Waals surface area contributed by atoms with Gasteiger partial charge in [0.25, 0.3) is 0 Å². The predicted molar refractivity (Wildman–Crippen MR) is 49.1 cm³/mol. The molecule has 0 bridgehead atoms. The maximum absolute atomic E-state index is 8.50. The highest BCUT2D eigenvalue weighted by molar-refractivity contribution is 5.08. The van der Waals surface area contributed by atoms with Crippen molar-refractivity contribution in [3.8, 4) is 0 Å². The van der Waals surface area contributed by atoms with E-state index in [2.05, 4.69) is 16.4 Å². The lowest BCUT2D eigenvalue weighted by molar-refractivity contribution is 0.286. The largest absolute Gasteiger partial charge is 0.396 e. The third-order valence-corrected chi connectivity index (χ3v) is 1.76. The van der Waals surface area contributed by atoms with E-state index in [0.717, 1.165) is 25.9 Å². The molecule has 68 valence electrons.